The monoisotopic (exact) mass is 330 g/mol. The third kappa shape index (κ3) is 7.85. The van der Waals surface area contributed by atoms with Gasteiger partial charge in [0.1, 0.15) is 17.7 Å². The van der Waals surface area contributed by atoms with E-state index in [0.29, 0.717) is 6.42 Å². The van der Waals surface area contributed by atoms with Crippen LogP contribution in [-0.4, -0.2) is 54.7 Å². The van der Waals surface area contributed by atoms with Crippen LogP contribution < -0.4 is 5.32 Å². The van der Waals surface area contributed by atoms with Gasteiger partial charge in [0, 0.05) is 7.05 Å². The van der Waals surface area contributed by atoms with E-state index in [-0.39, 0.29) is 11.8 Å². The standard InChI is InChI=1S/C16H30N2O5/c1-10(2)9-12(14(20)22-8)18(7)13(19)11(3)17-15(21)23-16(4,5)6/h10-12H,9H2,1-8H3,(H,17,21)/t11-,12-/m1/s1. The lowest BCUT2D eigenvalue weighted by molar-refractivity contribution is -0.153. The highest BCUT2D eigenvalue weighted by Gasteiger charge is 2.31. The first-order valence-corrected chi connectivity index (χ1v) is 7.73. The fraction of sp³-hybridized carbons (Fsp3) is 0.812. The summed E-state index contributed by atoms with van der Waals surface area (Å²) in [7, 11) is 2.82. The Morgan fingerprint density at radius 3 is 2.04 bits per heavy atom. The van der Waals surface area contributed by atoms with Gasteiger partial charge in [-0.1, -0.05) is 13.8 Å². The van der Waals surface area contributed by atoms with E-state index in [4.69, 9.17) is 9.47 Å². The van der Waals surface area contributed by atoms with Crippen LogP contribution in [0.2, 0.25) is 0 Å². The van der Waals surface area contributed by atoms with Crippen LogP contribution in [0, 0.1) is 5.92 Å². The summed E-state index contributed by atoms with van der Waals surface area (Å²) in [6.45, 7) is 10.7. The molecule has 0 unspecified atom stereocenters. The molecule has 134 valence electrons. The van der Waals surface area contributed by atoms with Crippen molar-refractivity contribution in [1.82, 2.24) is 10.2 Å². The van der Waals surface area contributed by atoms with Crippen LogP contribution in [0.15, 0.2) is 0 Å². The van der Waals surface area contributed by atoms with E-state index in [1.807, 2.05) is 13.8 Å². The number of nitrogens with one attached hydrogen (secondary N) is 1. The second-order valence-corrected chi connectivity index (χ2v) is 6.99. The number of alkyl carbamates (subject to hydrolysis) is 1. The van der Waals surface area contributed by atoms with Crippen LogP contribution in [-0.2, 0) is 19.1 Å². The van der Waals surface area contributed by atoms with Crippen LogP contribution in [0.4, 0.5) is 4.79 Å². The molecule has 0 aromatic heterocycles. The lowest BCUT2D eigenvalue weighted by Gasteiger charge is -2.30. The number of esters is 1. The molecule has 1 N–H and O–H groups in total. The van der Waals surface area contributed by atoms with Gasteiger partial charge < -0.3 is 19.7 Å². The summed E-state index contributed by atoms with van der Waals surface area (Å²) in [5.41, 5.74) is -0.648. The van der Waals surface area contributed by atoms with E-state index in [0.717, 1.165) is 0 Å². The normalized spacial score (nSPS) is 14.0. The number of hydrogen-bond donors (Lipinski definition) is 1. The van der Waals surface area contributed by atoms with Crippen molar-refractivity contribution in [1.29, 1.82) is 0 Å². The number of amides is 2. The van der Waals surface area contributed by atoms with Crippen LogP contribution in [0.25, 0.3) is 0 Å². The van der Waals surface area contributed by atoms with Gasteiger partial charge in [-0.3, -0.25) is 4.79 Å². The quantitative estimate of drug-likeness (QED) is 0.752. The first-order chi connectivity index (χ1) is 10.4. The molecule has 0 aromatic rings. The zero-order valence-corrected chi connectivity index (χ0v) is 15.4. The van der Waals surface area contributed by atoms with E-state index in [2.05, 4.69) is 5.32 Å². The molecule has 0 aromatic carbocycles. The minimum absolute atomic E-state index is 0.212. The van der Waals surface area contributed by atoms with Gasteiger partial charge in [-0.05, 0) is 40.0 Å². The number of rotatable bonds is 6. The van der Waals surface area contributed by atoms with Gasteiger partial charge in [-0.15, -0.1) is 0 Å². The Hall–Kier alpha value is -1.79. The Morgan fingerprint density at radius 2 is 1.65 bits per heavy atom. The molecule has 0 spiro atoms. The molecule has 2 atom stereocenters. The molecule has 0 rings (SSSR count). The molecule has 23 heavy (non-hydrogen) atoms. The molecule has 0 heterocycles. The molecule has 0 fully saturated rings. The third-order valence-corrected chi connectivity index (χ3v) is 3.09. The lowest BCUT2D eigenvalue weighted by atomic mass is 10.0. The third-order valence-electron chi connectivity index (χ3n) is 3.09. The van der Waals surface area contributed by atoms with E-state index in [1.54, 1.807) is 27.7 Å². The molecular formula is C16H30N2O5. The molecule has 0 aliphatic heterocycles. The van der Waals surface area contributed by atoms with Crippen molar-refractivity contribution in [2.45, 2.75) is 65.6 Å². The highest BCUT2D eigenvalue weighted by atomic mass is 16.6. The van der Waals surface area contributed by atoms with E-state index < -0.39 is 29.7 Å². The Balaban J connectivity index is 4.88. The van der Waals surface area contributed by atoms with Gasteiger partial charge in [0.15, 0.2) is 0 Å². The van der Waals surface area contributed by atoms with Gasteiger partial charge in [-0.25, -0.2) is 9.59 Å². The van der Waals surface area contributed by atoms with Gasteiger partial charge in [-0.2, -0.15) is 0 Å². The Morgan fingerprint density at radius 1 is 1.13 bits per heavy atom. The molecule has 0 aliphatic rings. The van der Waals surface area contributed by atoms with Crippen molar-refractivity contribution in [2.75, 3.05) is 14.2 Å². The largest absolute Gasteiger partial charge is 0.467 e. The zero-order chi connectivity index (χ0) is 18.4. The molecular weight excluding hydrogens is 300 g/mol. The fourth-order valence-corrected chi connectivity index (χ4v) is 2.00. The molecule has 0 aliphatic carbocycles. The first-order valence-electron chi connectivity index (χ1n) is 7.73. The van der Waals surface area contributed by atoms with Gasteiger partial charge >= 0.3 is 12.1 Å². The summed E-state index contributed by atoms with van der Waals surface area (Å²) in [6, 6.07) is -1.50. The van der Waals surface area contributed by atoms with Gasteiger partial charge in [0.05, 0.1) is 7.11 Å². The van der Waals surface area contributed by atoms with Crippen molar-refractivity contribution in [3.05, 3.63) is 0 Å². The number of nitrogens with zero attached hydrogens (tertiary/aromatic N) is 1. The Labute approximate surface area is 138 Å². The van der Waals surface area contributed by atoms with Crippen molar-refractivity contribution in [3.8, 4) is 0 Å². The predicted molar refractivity (Wildman–Crippen MR) is 86.9 cm³/mol. The van der Waals surface area contributed by atoms with Crippen molar-refractivity contribution in [3.63, 3.8) is 0 Å². The number of carbonyl (C=O) groups is 3. The number of methoxy groups -OCH3 is 1. The average molecular weight is 330 g/mol. The SMILES string of the molecule is COC(=O)[C@@H](CC(C)C)N(C)C(=O)[C@@H](C)NC(=O)OC(C)(C)C. The maximum absolute atomic E-state index is 12.4. The summed E-state index contributed by atoms with van der Waals surface area (Å²) in [4.78, 5) is 37.4. The predicted octanol–water partition coefficient (Wildman–Crippen LogP) is 1.95. The second-order valence-electron chi connectivity index (χ2n) is 6.99. The Bertz CT molecular complexity index is 429. The lowest BCUT2D eigenvalue weighted by Crippen LogP contribution is -2.52. The highest BCUT2D eigenvalue weighted by molar-refractivity contribution is 5.89. The van der Waals surface area contributed by atoms with Crippen molar-refractivity contribution < 1.29 is 23.9 Å². The zero-order valence-electron chi connectivity index (χ0n) is 15.4. The van der Waals surface area contributed by atoms with E-state index in [1.165, 1.54) is 19.1 Å². The van der Waals surface area contributed by atoms with Crippen molar-refractivity contribution >= 4 is 18.0 Å². The number of likely N-dealkylation sites (N-methyl/N-ethyl adjacent to an activating group) is 1. The topological polar surface area (TPSA) is 84.9 Å². The molecule has 0 bridgehead atoms. The van der Waals surface area contributed by atoms with Gasteiger partial charge in [0.2, 0.25) is 5.91 Å². The van der Waals surface area contributed by atoms with Gasteiger partial charge in [0.25, 0.3) is 0 Å². The maximum atomic E-state index is 12.4. The number of carbonyl (C=O) groups excluding carboxylic acids is 3. The van der Waals surface area contributed by atoms with Crippen LogP contribution in [0.3, 0.4) is 0 Å². The number of hydrogen-bond acceptors (Lipinski definition) is 5. The second kappa shape index (κ2) is 8.74. The summed E-state index contributed by atoms with van der Waals surface area (Å²) < 4.78 is 9.89. The molecule has 0 radical (unpaired) electrons. The summed E-state index contributed by atoms with van der Waals surface area (Å²) in [5, 5.41) is 2.48. The van der Waals surface area contributed by atoms with Crippen molar-refractivity contribution in [2.24, 2.45) is 5.92 Å². The smallest absolute Gasteiger partial charge is 0.408 e. The summed E-state index contributed by atoms with van der Waals surface area (Å²) in [6.07, 6.45) is -0.195. The number of ether oxygens (including phenoxy) is 2. The van der Waals surface area contributed by atoms with E-state index in [9.17, 15) is 14.4 Å². The van der Waals surface area contributed by atoms with Crippen LogP contribution in [0.5, 0.6) is 0 Å². The molecule has 7 heteroatoms. The fourth-order valence-electron chi connectivity index (χ4n) is 2.00. The average Bonchev–Trinajstić information content (AvgIpc) is 2.39. The van der Waals surface area contributed by atoms with Crippen LogP contribution >= 0.6 is 0 Å². The minimum Gasteiger partial charge on any atom is -0.467 e. The molecule has 7 nitrogen and oxygen atoms in total. The maximum Gasteiger partial charge on any atom is 0.408 e. The first kappa shape index (κ1) is 21.2. The summed E-state index contributed by atoms with van der Waals surface area (Å²) >= 11 is 0. The molecule has 0 saturated heterocycles. The summed E-state index contributed by atoms with van der Waals surface area (Å²) in [5.74, 6) is -0.644. The molecule has 0 saturated carbocycles. The van der Waals surface area contributed by atoms with Crippen LogP contribution in [0.1, 0.15) is 48.0 Å². The minimum atomic E-state index is -0.811. The molecule has 2 amide bonds. The highest BCUT2D eigenvalue weighted by Crippen LogP contribution is 2.13. The Kier molecular flexibility index (Phi) is 8.06. The van der Waals surface area contributed by atoms with E-state index >= 15 is 0 Å².